The number of nitrogen functional groups attached to an aromatic ring is 1. The summed E-state index contributed by atoms with van der Waals surface area (Å²) in [6.07, 6.45) is 0.975. The van der Waals surface area contributed by atoms with Crippen LogP contribution in [0.4, 0.5) is 5.82 Å². The molecule has 13 heteroatoms. The maximum atomic E-state index is 12.5. The highest BCUT2D eigenvalue weighted by atomic mass is 32.2. The predicted molar refractivity (Wildman–Crippen MR) is 169 cm³/mol. The van der Waals surface area contributed by atoms with Gasteiger partial charge in [0.25, 0.3) is 5.16 Å². The van der Waals surface area contributed by atoms with Crippen molar-refractivity contribution in [2.45, 2.75) is 60.9 Å². The van der Waals surface area contributed by atoms with E-state index in [1.165, 1.54) is 10.7 Å². The second-order valence-corrected chi connectivity index (χ2v) is 13.8. The van der Waals surface area contributed by atoms with Crippen LogP contribution in [-0.2, 0) is 54.2 Å². The van der Waals surface area contributed by atoms with Crippen LogP contribution in [-0.4, -0.2) is 57.7 Å². The van der Waals surface area contributed by atoms with E-state index in [2.05, 4.69) is 21.1 Å². The molecule has 0 radical (unpaired) electrons. The third-order valence-corrected chi connectivity index (χ3v) is 9.75. The van der Waals surface area contributed by atoms with Crippen LogP contribution in [0.5, 0.6) is 0 Å². The maximum Gasteiger partial charge on any atom is 0.267 e. The number of benzene rings is 3. The van der Waals surface area contributed by atoms with Gasteiger partial charge in [-0.05, 0) is 23.6 Å². The summed E-state index contributed by atoms with van der Waals surface area (Å²) in [4.78, 5) is 8.31. The first-order valence-electron chi connectivity index (χ1n) is 14.9. The van der Waals surface area contributed by atoms with Crippen LogP contribution in [0, 0.1) is 11.3 Å². The molecule has 47 heavy (non-hydrogen) atoms. The van der Waals surface area contributed by atoms with Gasteiger partial charge in [0, 0.05) is 6.26 Å². The lowest BCUT2D eigenvalue weighted by molar-refractivity contribution is -0.224. The quantitative estimate of drug-likeness (QED) is 0.221. The van der Waals surface area contributed by atoms with Gasteiger partial charge in [0.05, 0.1) is 26.0 Å². The molecule has 240 valence electrons. The van der Waals surface area contributed by atoms with Gasteiger partial charge in [0.15, 0.2) is 17.1 Å². The molecule has 1 aliphatic heterocycles. The van der Waals surface area contributed by atoms with Crippen molar-refractivity contribution in [2.75, 3.05) is 12.0 Å². The molecular formula is C34H32N6O6S. The Bertz CT molecular complexity index is 2070. The zero-order valence-corrected chi connectivity index (χ0v) is 26.5. The largest absolute Gasteiger partial charge is 0.380 e. The smallest absolute Gasteiger partial charge is 0.267 e. The molecule has 1 aliphatic carbocycles. The monoisotopic (exact) mass is 652 g/mol. The molecule has 2 unspecified atom stereocenters. The summed E-state index contributed by atoms with van der Waals surface area (Å²) in [5.74, 6) is -0.172. The van der Waals surface area contributed by atoms with Gasteiger partial charge in [-0.15, -0.1) is 5.10 Å². The van der Waals surface area contributed by atoms with Gasteiger partial charge in [-0.3, -0.25) is 0 Å². The molecule has 0 bridgehead atoms. The standard InChI is InChI=1S/C34H32N6O6S/c1-32(44-20-24-14-8-4-9-15-24)33(22-35,26-18-37-30-29(36)38-31(39-40(26)30)47(2,41)42)46-28-27(43-19-23-12-6-3-7-13-23)34(28,32)45-21-25-16-10-5-11-17-25/h3-18,27-28H,19-21H2,1-2H3,(H2,36,38,39)/t27?,28-,32+,33?,34-/m1/s1. The van der Waals surface area contributed by atoms with Gasteiger partial charge in [-0.2, -0.15) is 10.2 Å². The molecule has 0 amide bonds. The molecule has 2 aromatic heterocycles. The summed E-state index contributed by atoms with van der Waals surface area (Å²) in [7, 11) is -3.88. The summed E-state index contributed by atoms with van der Waals surface area (Å²) in [6, 6.07) is 31.3. The topological polar surface area (TPSA) is 164 Å². The average molecular weight is 653 g/mol. The average Bonchev–Trinajstić information content (AvgIpc) is 3.35. The Hall–Kier alpha value is -4.71. The zero-order valence-electron chi connectivity index (χ0n) is 25.7. The number of nitrogens with two attached hydrogens (primary N) is 1. The Balaban J connectivity index is 1.37. The number of fused-ring (bicyclic) bond motifs is 2. The highest BCUT2D eigenvalue weighted by Gasteiger charge is 2.90. The van der Waals surface area contributed by atoms with Crippen LogP contribution in [0.2, 0.25) is 0 Å². The fourth-order valence-corrected chi connectivity index (χ4v) is 6.91. The minimum atomic E-state index is -3.88. The molecule has 2 aliphatic rings. The first kappa shape index (κ1) is 30.9. The number of nitrogens with zero attached hydrogens (tertiary/aromatic N) is 5. The van der Waals surface area contributed by atoms with Crippen molar-refractivity contribution in [1.29, 1.82) is 5.26 Å². The number of anilines is 1. The molecule has 2 N–H and O–H groups in total. The Morgan fingerprint density at radius 3 is 2.02 bits per heavy atom. The van der Waals surface area contributed by atoms with Crippen LogP contribution in [0.15, 0.2) is 102 Å². The van der Waals surface area contributed by atoms with E-state index in [0.29, 0.717) is 0 Å². The minimum absolute atomic E-state index is 0.0627. The van der Waals surface area contributed by atoms with Crippen molar-refractivity contribution in [3.63, 3.8) is 0 Å². The van der Waals surface area contributed by atoms with E-state index in [9.17, 15) is 13.7 Å². The first-order chi connectivity index (χ1) is 22.6. The molecule has 5 atom stereocenters. The number of nitriles is 1. The van der Waals surface area contributed by atoms with Crippen molar-refractivity contribution < 1.29 is 27.4 Å². The molecule has 0 spiro atoms. The fraction of sp³-hybridized carbons (Fsp3) is 0.294. The second kappa shape index (κ2) is 11.5. The zero-order chi connectivity index (χ0) is 32.9. The summed E-state index contributed by atoms with van der Waals surface area (Å²) >= 11 is 0. The van der Waals surface area contributed by atoms with Crippen LogP contribution in [0.1, 0.15) is 29.3 Å². The molecule has 2 fully saturated rings. The van der Waals surface area contributed by atoms with E-state index in [4.69, 9.17) is 24.7 Å². The molecule has 1 saturated carbocycles. The Labute approximate surface area is 271 Å². The van der Waals surface area contributed by atoms with Gasteiger partial charge >= 0.3 is 0 Å². The summed E-state index contributed by atoms with van der Waals surface area (Å²) in [5.41, 5.74) is 4.27. The second-order valence-electron chi connectivity index (χ2n) is 11.9. The molecule has 5 aromatic rings. The van der Waals surface area contributed by atoms with Gasteiger partial charge in [0.2, 0.25) is 15.4 Å². The lowest BCUT2D eigenvalue weighted by atomic mass is 9.77. The number of sulfone groups is 1. The van der Waals surface area contributed by atoms with Crippen molar-refractivity contribution in [2.24, 2.45) is 0 Å². The van der Waals surface area contributed by atoms with Crippen LogP contribution >= 0.6 is 0 Å². The number of rotatable bonds is 11. The number of ether oxygens (including phenoxy) is 4. The lowest BCUT2D eigenvalue weighted by Crippen LogP contribution is -2.60. The van der Waals surface area contributed by atoms with Crippen molar-refractivity contribution in [3.05, 3.63) is 120 Å². The molecule has 3 aromatic carbocycles. The first-order valence-corrected chi connectivity index (χ1v) is 16.8. The summed E-state index contributed by atoms with van der Waals surface area (Å²) < 4.78 is 53.1. The number of hydrogen-bond acceptors (Lipinski definition) is 11. The van der Waals surface area contributed by atoms with Gasteiger partial charge in [-0.1, -0.05) is 91.0 Å². The number of aromatic nitrogens is 4. The van der Waals surface area contributed by atoms with Crippen molar-refractivity contribution in [3.8, 4) is 6.07 Å². The van der Waals surface area contributed by atoms with Gasteiger partial charge < -0.3 is 24.7 Å². The number of hydrogen-bond donors (Lipinski definition) is 1. The van der Waals surface area contributed by atoms with E-state index in [-0.39, 0.29) is 37.0 Å². The summed E-state index contributed by atoms with van der Waals surface area (Å²) in [6.45, 7) is 2.31. The van der Waals surface area contributed by atoms with Gasteiger partial charge in [-0.25, -0.2) is 17.9 Å². The highest BCUT2D eigenvalue weighted by Crippen LogP contribution is 2.68. The van der Waals surface area contributed by atoms with E-state index in [1.807, 2.05) is 91.0 Å². The number of imidazole rings is 1. The summed E-state index contributed by atoms with van der Waals surface area (Å²) in [5, 5.41) is 14.9. The lowest BCUT2D eigenvalue weighted by Gasteiger charge is -2.43. The van der Waals surface area contributed by atoms with Crippen LogP contribution in [0.3, 0.4) is 0 Å². The van der Waals surface area contributed by atoms with Crippen molar-refractivity contribution >= 4 is 21.3 Å². The van der Waals surface area contributed by atoms with Crippen LogP contribution < -0.4 is 5.73 Å². The Kier molecular flexibility index (Phi) is 7.58. The minimum Gasteiger partial charge on any atom is -0.380 e. The maximum absolute atomic E-state index is 12.5. The normalized spacial score (nSPS) is 26.6. The molecule has 3 heterocycles. The molecule has 7 rings (SSSR count). The molecule has 1 saturated heterocycles. The molecule has 12 nitrogen and oxygen atoms in total. The van der Waals surface area contributed by atoms with E-state index in [1.54, 1.807) is 6.92 Å². The molecular weight excluding hydrogens is 620 g/mol. The van der Waals surface area contributed by atoms with Gasteiger partial charge in [0.1, 0.15) is 29.6 Å². The van der Waals surface area contributed by atoms with E-state index in [0.717, 1.165) is 22.9 Å². The Morgan fingerprint density at radius 1 is 0.915 bits per heavy atom. The fourth-order valence-electron chi connectivity index (χ4n) is 6.42. The van der Waals surface area contributed by atoms with Crippen LogP contribution in [0.25, 0.3) is 5.65 Å². The SMILES string of the molecule is C[C@]1(OCc2ccccc2)C(C#N)(c2cnc3c(N)nc(S(C)(=O)=O)nn23)O[C@@H]2C(OCc3ccccc3)[C@@]21OCc1ccccc1. The van der Waals surface area contributed by atoms with Crippen molar-refractivity contribution in [1.82, 2.24) is 19.6 Å². The Morgan fingerprint density at radius 2 is 1.47 bits per heavy atom. The third kappa shape index (κ3) is 4.97. The highest BCUT2D eigenvalue weighted by molar-refractivity contribution is 7.90. The predicted octanol–water partition coefficient (Wildman–Crippen LogP) is 3.76. The van der Waals surface area contributed by atoms with E-state index >= 15 is 0 Å². The third-order valence-electron chi connectivity index (χ3n) is 8.91. The van der Waals surface area contributed by atoms with E-state index < -0.39 is 44.0 Å².